The molecule has 0 aliphatic rings. The summed E-state index contributed by atoms with van der Waals surface area (Å²) in [7, 11) is 0. The van der Waals surface area contributed by atoms with Crippen molar-refractivity contribution in [3.8, 4) is 0 Å². The van der Waals surface area contributed by atoms with Crippen molar-refractivity contribution in [2.45, 2.75) is 20.4 Å². The van der Waals surface area contributed by atoms with E-state index in [-0.39, 0.29) is 0 Å². The smallest absolute Gasteiger partial charge is 0.230 e. The average molecular weight is 393 g/mol. The maximum atomic E-state index is 11.6. The van der Waals surface area contributed by atoms with Gasteiger partial charge in [0.15, 0.2) is 0 Å². The number of aromatic nitrogens is 1. The molecule has 0 saturated carbocycles. The summed E-state index contributed by atoms with van der Waals surface area (Å²) in [5, 5.41) is 7.48. The molecule has 0 radical (unpaired) electrons. The van der Waals surface area contributed by atoms with Crippen molar-refractivity contribution in [2.24, 2.45) is 5.10 Å². The van der Waals surface area contributed by atoms with Gasteiger partial charge in [-0.1, -0.05) is 29.3 Å². The van der Waals surface area contributed by atoms with Crippen molar-refractivity contribution in [3.05, 3.63) is 82.5 Å². The second kappa shape index (κ2) is 8.67. The second-order valence-electron chi connectivity index (χ2n) is 6.71. The Kier molecular flexibility index (Phi) is 6.06. The van der Waals surface area contributed by atoms with Crippen LogP contribution < -0.4 is 5.73 Å². The minimum Gasteiger partial charge on any atom is -0.399 e. The molecule has 6 heteroatoms. The lowest BCUT2D eigenvalue weighted by atomic mass is 10.1. The van der Waals surface area contributed by atoms with E-state index in [4.69, 9.17) is 17.3 Å². The summed E-state index contributed by atoms with van der Waals surface area (Å²) < 4.78 is 0. The summed E-state index contributed by atoms with van der Waals surface area (Å²) in [4.78, 5) is 16.1. The molecule has 3 aromatic rings. The third-order valence-corrected chi connectivity index (χ3v) is 4.29. The number of halogens is 1. The van der Waals surface area contributed by atoms with Crippen molar-refractivity contribution in [3.63, 3.8) is 0 Å². The highest BCUT2D eigenvalue weighted by Crippen LogP contribution is 2.18. The van der Waals surface area contributed by atoms with Crippen LogP contribution in [0.4, 0.5) is 5.69 Å². The molecule has 1 amide bonds. The molecule has 0 fully saturated rings. The molecule has 0 aliphatic carbocycles. The normalized spacial score (nSPS) is 11.3. The lowest BCUT2D eigenvalue weighted by Gasteiger charge is -2.14. The van der Waals surface area contributed by atoms with E-state index in [1.165, 1.54) is 5.01 Å². The van der Waals surface area contributed by atoms with Gasteiger partial charge >= 0.3 is 0 Å². The zero-order valence-electron chi connectivity index (χ0n) is 15.8. The fourth-order valence-corrected chi connectivity index (χ4v) is 2.87. The molecule has 2 N–H and O–H groups in total. The molecule has 0 bridgehead atoms. The Morgan fingerprint density at radius 1 is 1.18 bits per heavy atom. The molecule has 142 valence electrons. The van der Waals surface area contributed by atoms with Crippen molar-refractivity contribution >= 4 is 40.3 Å². The highest BCUT2D eigenvalue weighted by atomic mass is 35.5. The van der Waals surface area contributed by atoms with Gasteiger partial charge in [0.25, 0.3) is 0 Å². The Morgan fingerprint density at radius 3 is 2.61 bits per heavy atom. The predicted octanol–water partition coefficient (Wildman–Crippen LogP) is 4.80. The van der Waals surface area contributed by atoms with Crippen LogP contribution in [-0.4, -0.2) is 22.1 Å². The largest absolute Gasteiger partial charge is 0.399 e. The van der Waals surface area contributed by atoms with Gasteiger partial charge in [-0.05, 0) is 61.9 Å². The fraction of sp³-hybridized carbons (Fsp3) is 0.136. The maximum absolute atomic E-state index is 11.6. The number of nitrogens with zero attached hydrogens (tertiary/aromatic N) is 3. The third-order valence-electron chi connectivity index (χ3n) is 4.04. The first kappa shape index (κ1) is 19.6. The van der Waals surface area contributed by atoms with Gasteiger partial charge in [0, 0.05) is 27.9 Å². The van der Waals surface area contributed by atoms with Gasteiger partial charge in [-0.15, -0.1) is 0 Å². The van der Waals surface area contributed by atoms with Crippen molar-refractivity contribution in [1.29, 1.82) is 0 Å². The number of anilines is 1. The van der Waals surface area contributed by atoms with Crippen LogP contribution in [0.25, 0.3) is 10.9 Å². The van der Waals surface area contributed by atoms with Crippen LogP contribution in [0.2, 0.25) is 5.02 Å². The van der Waals surface area contributed by atoms with Gasteiger partial charge in [0.1, 0.15) is 0 Å². The van der Waals surface area contributed by atoms with Crippen molar-refractivity contribution in [2.75, 3.05) is 5.73 Å². The number of rotatable bonds is 6. The molecule has 28 heavy (non-hydrogen) atoms. The van der Waals surface area contributed by atoms with Gasteiger partial charge in [-0.2, -0.15) is 5.10 Å². The van der Waals surface area contributed by atoms with Crippen LogP contribution in [0.15, 0.2) is 71.5 Å². The number of carbonyl (C=O) groups is 1. The minimum absolute atomic E-state index is 0.342. The highest BCUT2D eigenvalue weighted by molar-refractivity contribution is 6.30. The summed E-state index contributed by atoms with van der Waals surface area (Å²) in [5.74, 6) is 0. The molecular weight excluding hydrogens is 372 g/mol. The van der Waals surface area contributed by atoms with Crippen molar-refractivity contribution in [1.82, 2.24) is 9.99 Å². The summed E-state index contributed by atoms with van der Waals surface area (Å²) in [6.07, 6.45) is 4.38. The van der Waals surface area contributed by atoms with Gasteiger partial charge in [-0.25, -0.2) is 5.01 Å². The van der Waals surface area contributed by atoms with Crippen LogP contribution in [-0.2, 0) is 11.3 Å². The first-order chi connectivity index (χ1) is 13.4. The number of carbonyl (C=O) groups excluding carboxylic acids is 1. The van der Waals surface area contributed by atoms with E-state index in [1.807, 2.05) is 56.3 Å². The molecule has 0 aliphatic heterocycles. The van der Waals surface area contributed by atoms with E-state index in [9.17, 15) is 4.79 Å². The zero-order chi connectivity index (χ0) is 20.1. The number of benzene rings is 2. The van der Waals surface area contributed by atoms with Crippen LogP contribution in [0.1, 0.15) is 25.0 Å². The molecule has 5 nitrogen and oxygen atoms in total. The van der Waals surface area contributed by atoms with Crippen LogP contribution in [0.3, 0.4) is 0 Å². The first-order valence-corrected chi connectivity index (χ1v) is 9.18. The number of amides is 1. The summed E-state index contributed by atoms with van der Waals surface area (Å²) in [5.41, 5.74) is 10.9. The SMILES string of the molecule is CC(C)=C/C(=N\N(C=O)Cc1ccc(Cl)cc1)c1cnc2ccc(N)cc2c1. The van der Waals surface area contributed by atoms with E-state index in [1.54, 1.807) is 18.3 Å². The van der Waals surface area contributed by atoms with Crippen molar-refractivity contribution < 1.29 is 4.79 Å². The molecule has 0 atom stereocenters. The highest BCUT2D eigenvalue weighted by Gasteiger charge is 2.08. The van der Waals surface area contributed by atoms with Gasteiger partial charge in [0.05, 0.1) is 17.8 Å². The van der Waals surface area contributed by atoms with E-state index < -0.39 is 0 Å². The number of hydrazone groups is 1. The standard InChI is InChI=1S/C22H21ClN4O/c1-15(2)9-22(18-10-17-11-20(24)7-8-21(17)25-12-18)26-27(14-28)13-16-3-5-19(23)6-4-16/h3-12,14H,13,24H2,1-2H3/b26-22+. The Bertz CT molecular complexity index is 1050. The van der Waals surface area contributed by atoms with Crippen LogP contribution in [0, 0.1) is 0 Å². The van der Waals surface area contributed by atoms with Crippen LogP contribution >= 0.6 is 11.6 Å². The Morgan fingerprint density at radius 2 is 1.93 bits per heavy atom. The Hall–Kier alpha value is -3.18. The molecule has 0 unspecified atom stereocenters. The third kappa shape index (κ3) is 4.96. The number of allylic oxidation sites excluding steroid dienone is 2. The number of nitrogens with two attached hydrogens (primary N) is 1. The Labute approximate surface area is 169 Å². The molecule has 0 spiro atoms. The summed E-state index contributed by atoms with van der Waals surface area (Å²) in [6.45, 7) is 4.30. The maximum Gasteiger partial charge on any atom is 0.230 e. The first-order valence-electron chi connectivity index (χ1n) is 8.80. The number of hydrogen-bond donors (Lipinski definition) is 1. The summed E-state index contributed by atoms with van der Waals surface area (Å²) >= 11 is 5.93. The number of nitrogen functional groups attached to an aromatic ring is 1. The van der Waals surface area contributed by atoms with E-state index in [0.717, 1.165) is 27.6 Å². The van der Waals surface area contributed by atoms with Gasteiger partial charge in [-0.3, -0.25) is 9.78 Å². The molecule has 0 saturated heterocycles. The molecular formula is C22H21ClN4O. The lowest BCUT2D eigenvalue weighted by Crippen LogP contribution is -2.17. The monoisotopic (exact) mass is 392 g/mol. The number of fused-ring (bicyclic) bond motifs is 1. The zero-order valence-corrected chi connectivity index (χ0v) is 16.5. The quantitative estimate of drug-likeness (QED) is 0.283. The topological polar surface area (TPSA) is 71.6 Å². The lowest BCUT2D eigenvalue weighted by molar-refractivity contribution is -0.118. The summed E-state index contributed by atoms with van der Waals surface area (Å²) in [6, 6.07) is 14.9. The Balaban J connectivity index is 1.99. The number of hydrogen-bond acceptors (Lipinski definition) is 4. The predicted molar refractivity (Wildman–Crippen MR) is 115 cm³/mol. The van der Waals surface area contributed by atoms with Gasteiger partial charge in [0.2, 0.25) is 6.41 Å². The molecule has 1 heterocycles. The fourth-order valence-electron chi connectivity index (χ4n) is 2.74. The molecule has 1 aromatic heterocycles. The minimum atomic E-state index is 0.342. The van der Waals surface area contributed by atoms with E-state index in [2.05, 4.69) is 10.1 Å². The van der Waals surface area contributed by atoms with Gasteiger partial charge < -0.3 is 5.73 Å². The van der Waals surface area contributed by atoms with E-state index in [0.29, 0.717) is 29.4 Å². The number of pyridine rings is 1. The molecule has 2 aromatic carbocycles. The second-order valence-corrected chi connectivity index (χ2v) is 7.15. The molecule has 3 rings (SSSR count). The van der Waals surface area contributed by atoms with E-state index >= 15 is 0 Å². The average Bonchev–Trinajstić information content (AvgIpc) is 2.67. The van der Waals surface area contributed by atoms with Crippen LogP contribution in [0.5, 0.6) is 0 Å².